The van der Waals surface area contributed by atoms with Crippen LogP contribution in [-0.2, 0) is 20.3 Å². The Bertz CT molecular complexity index is 377. The molecule has 1 heterocycles. The van der Waals surface area contributed by atoms with Crippen LogP contribution in [0.2, 0.25) is 0 Å². The summed E-state index contributed by atoms with van der Waals surface area (Å²) in [7, 11) is -0.621. The first-order chi connectivity index (χ1) is 10.0. The Hall–Kier alpha value is -0.460. The van der Waals surface area contributed by atoms with Crippen LogP contribution in [0.4, 0.5) is 0 Å². The summed E-state index contributed by atoms with van der Waals surface area (Å²) in [5.41, 5.74) is -0.560. The third-order valence-electron chi connectivity index (χ3n) is 4.25. The van der Waals surface area contributed by atoms with Crippen LogP contribution in [0.25, 0.3) is 0 Å². The lowest BCUT2D eigenvalue weighted by atomic mass is 9.95. The quantitative estimate of drug-likeness (QED) is 0.675. The molecule has 1 aliphatic heterocycles. The molecule has 122 valence electrons. The van der Waals surface area contributed by atoms with Crippen molar-refractivity contribution >= 4 is 16.8 Å². The predicted molar refractivity (Wildman–Crippen MR) is 84.7 cm³/mol. The summed E-state index contributed by atoms with van der Waals surface area (Å²) < 4.78 is 16.6. The summed E-state index contributed by atoms with van der Waals surface area (Å²) in [6.45, 7) is 7.05. The molecule has 1 saturated heterocycles. The van der Waals surface area contributed by atoms with Crippen molar-refractivity contribution in [2.45, 2.75) is 51.1 Å². The second kappa shape index (κ2) is 7.70. The van der Waals surface area contributed by atoms with Crippen LogP contribution < -0.4 is 5.32 Å². The Labute approximate surface area is 130 Å². The number of ether oxygens (including phenoxy) is 1. The minimum Gasteiger partial charge on any atom is -0.465 e. The summed E-state index contributed by atoms with van der Waals surface area (Å²) in [4.78, 5) is 14.6. The third kappa shape index (κ3) is 5.34. The first-order valence-electron chi connectivity index (χ1n) is 8.06. The van der Waals surface area contributed by atoms with Gasteiger partial charge in [0.1, 0.15) is 5.54 Å². The highest BCUT2D eigenvalue weighted by atomic mass is 32.2. The minimum atomic E-state index is -0.621. The molecule has 0 aromatic rings. The van der Waals surface area contributed by atoms with Crippen LogP contribution >= 0.6 is 0 Å². The average molecular weight is 316 g/mol. The van der Waals surface area contributed by atoms with Crippen LogP contribution in [0.5, 0.6) is 0 Å². The van der Waals surface area contributed by atoms with Crippen molar-refractivity contribution in [1.29, 1.82) is 0 Å². The van der Waals surface area contributed by atoms with Gasteiger partial charge in [0.15, 0.2) is 0 Å². The lowest BCUT2D eigenvalue weighted by molar-refractivity contribution is -0.151. The van der Waals surface area contributed by atoms with Gasteiger partial charge in [0.05, 0.1) is 6.61 Å². The molecule has 0 radical (unpaired) electrons. The summed E-state index contributed by atoms with van der Waals surface area (Å²) in [5, 5.41) is 3.46. The fourth-order valence-corrected chi connectivity index (χ4v) is 3.89. The number of nitrogens with zero attached hydrogens (tertiary/aromatic N) is 1. The normalized spacial score (nSPS) is 23.7. The molecular weight excluding hydrogens is 288 g/mol. The molecule has 1 N–H and O–H groups in total. The van der Waals surface area contributed by atoms with Crippen LogP contribution in [0.1, 0.15) is 39.5 Å². The standard InChI is InChI=1S/C15H28N2O3S/c1-3-20-14(18)15(2,16-13-5-6-13)7-4-8-17-9-11-21(19)12-10-17/h13,16H,3-12H2,1-2H3. The maximum absolute atomic E-state index is 12.2. The SMILES string of the molecule is CCOC(=O)C(C)(CCCN1CCS(=O)CC1)NC1CC1. The van der Waals surface area contributed by atoms with Crippen molar-refractivity contribution in [1.82, 2.24) is 10.2 Å². The van der Waals surface area contributed by atoms with E-state index in [1.807, 2.05) is 13.8 Å². The zero-order valence-corrected chi connectivity index (χ0v) is 14.0. The fourth-order valence-electron chi connectivity index (χ4n) is 2.76. The van der Waals surface area contributed by atoms with Gasteiger partial charge in [-0.15, -0.1) is 0 Å². The van der Waals surface area contributed by atoms with E-state index >= 15 is 0 Å². The molecule has 0 aromatic heterocycles. The number of hydrogen-bond acceptors (Lipinski definition) is 5. The van der Waals surface area contributed by atoms with Gasteiger partial charge in [-0.05, 0) is 46.1 Å². The Balaban J connectivity index is 1.78. The minimum absolute atomic E-state index is 0.128. The lowest BCUT2D eigenvalue weighted by Gasteiger charge is -2.31. The van der Waals surface area contributed by atoms with E-state index in [1.165, 1.54) is 0 Å². The molecule has 1 saturated carbocycles. The lowest BCUT2D eigenvalue weighted by Crippen LogP contribution is -2.52. The molecule has 6 heteroatoms. The van der Waals surface area contributed by atoms with E-state index in [9.17, 15) is 9.00 Å². The van der Waals surface area contributed by atoms with Gasteiger partial charge in [-0.25, -0.2) is 0 Å². The van der Waals surface area contributed by atoms with Crippen molar-refractivity contribution < 1.29 is 13.7 Å². The molecule has 2 rings (SSSR count). The van der Waals surface area contributed by atoms with Crippen LogP contribution in [0.3, 0.4) is 0 Å². The number of rotatable bonds is 8. The highest BCUT2D eigenvalue weighted by Crippen LogP contribution is 2.26. The van der Waals surface area contributed by atoms with E-state index in [-0.39, 0.29) is 5.97 Å². The summed E-state index contributed by atoms with van der Waals surface area (Å²) in [6.07, 6.45) is 4.07. The molecule has 1 aliphatic carbocycles. The molecule has 0 spiro atoms. The highest BCUT2D eigenvalue weighted by molar-refractivity contribution is 7.85. The number of carbonyl (C=O) groups excluding carboxylic acids is 1. The van der Waals surface area contributed by atoms with Crippen molar-refractivity contribution in [3.05, 3.63) is 0 Å². The summed E-state index contributed by atoms with van der Waals surface area (Å²) >= 11 is 0. The topological polar surface area (TPSA) is 58.6 Å². The van der Waals surface area contributed by atoms with E-state index in [1.54, 1.807) is 0 Å². The van der Waals surface area contributed by atoms with Crippen LogP contribution in [0.15, 0.2) is 0 Å². The van der Waals surface area contributed by atoms with Crippen LogP contribution in [-0.4, -0.2) is 64.4 Å². The average Bonchev–Trinajstić information content (AvgIpc) is 3.25. The molecule has 0 bridgehead atoms. The Morgan fingerprint density at radius 1 is 1.38 bits per heavy atom. The maximum Gasteiger partial charge on any atom is 0.326 e. The number of nitrogens with one attached hydrogen (secondary N) is 1. The van der Waals surface area contributed by atoms with Gasteiger partial charge in [-0.1, -0.05) is 0 Å². The van der Waals surface area contributed by atoms with Gasteiger partial charge < -0.3 is 9.64 Å². The molecule has 0 aromatic carbocycles. The molecule has 0 amide bonds. The van der Waals surface area contributed by atoms with Gasteiger partial charge in [-0.2, -0.15) is 0 Å². The van der Waals surface area contributed by atoms with Gasteiger partial charge in [0, 0.05) is 41.4 Å². The van der Waals surface area contributed by atoms with Gasteiger partial charge in [0.2, 0.25) is 0 Å². The van der Waals surface area contributed by atoms with Crippen molar-refractivity contribution in [2.24, 2.45) is 0 Å². The number of hydrogen-bond donors (Lipinski definition) is 1. The second-order valence-corrected chi connectivity index (χ2v) is 7.96. The fraction of sp³-hybridized carbons (Fsp3) is 0.933. The van der Waals surface area contributed by atoms with Gasteiger partial charge >= 0.3 is 5.97 Å². The van der Waals surface area contributed by atoms with E-state index in [0.29, 0.717) is 12.6 Å². The third-order valence-corrected chi connectivity index (χ3v) is 5.52. The van der Waals surface area contributed by atoms with E-state index in [0.717, 1.165) is 56.8 Å². The Morgan fingerprint density at radius 2 is 2.05 bits per heavy atom. The van der Waals surface area contributed by atoms with Crippen molar-refractivity contribution in [3.8, 4) is 0 Å². The Kier molecular flexibility index (Phi) is 6.20. The first-order valence-corrected chi connectivity index (χ1v) is 9.54. The van der Waals surface area contributed by atoms with E-state index in [2.05, 4.69) is 10.2 Å². The molecule has 2 fully saturated rings. The molecule has 21 heavy (non-hydrogen) atoms. The monoisotopic (exact) mass is 316 g/mol. The Morgan fingerprint density at radius 3 is 2.62 bits per heavy atom. The van der Waals surface area contributed by atoms with Crippen molar-refractivity contribution in [3.63, 3.8) is 0 Å². The number of esters is 1. The first kappa shape index (κ1) is 16.9. The summed E-state index contributed by atoms with van der Waals surface area (Å²) in [6, 6.07) is 0.483. The van der Waals surface area contributed by atoms with E-state index < -0.39 is 16.3 Å². The maximum atomic E-state index is 12.2. The van der Waals surface area contributed by atoms with Gasteiger partial charge in [0.25, 0.3) is 0 Å². The highest BCUT2D eigenvalue weighted by Gasteiger charge is 2.39. The molecule has 2 aliphatic rings. The zero-order chi connectivity index (χ0) is 15.3. The predicted octanol–water partition coefficient (Wildman–Crippen LogP) is 0.905. The largest absolute Gasteiger partial charge is 0.465 e. The van der Waals surface area contributed by atoms with Crippen LogP contribution in [0, 0.1) is 0 Å². The zero-order valence-electron chi connectivity index (χ0n) is 13.2. The van der Waals surface area contributed by atoms with E-state index in [4.69, 9.17) is 4.74 Å². The molecular formula is C15H28N2O3S. The van der Waals surface area contributed by atoms with Crippen molar-refractivity contribution in [2.75, 3.05) is 37.7 Å². The van der Waals surface area contributed by atoms with Gasteiger partial charge in [-0.3, -0.25) is 14.3 Å². The smallest absolute Gasteiger partial charge is 0.326 e. The number of carbonyl (C=O) groups is 1. The molecule has 5 nitrogen and oxygen atoms in total. The molecule has 1 unspecified atom stereocenters. The second-order valence-electron chi connectivity index (χ2n) is 6.26. The summed E-state index contributed by atoms with van der Waals surface area (Å²) in [5.74, 6) is 1.45. The molecule has 1 atom stereocenters.